The van der Waals surface area contributed by atoms with Gasteiger partial charge in [-0.05, 0) is 48.6 Å². The minimum Gasteiger partial charge on any atom is -0.352 e. The number of carbonyl (C=O) groups is 2. The van der Waals surface area contributed by atoms with E-state index in [0.29, 0.717) is 13.0 Å². The molecule has 1 aliphatic carbocycles. The number of benzene rings is 3. The highest BCUT2D eigenvalue weighted by molar-refractivity contribution is 8.00. The molecule has 0 spiro atoms. The molecule has 0 radical (unpaired) electrons. The standard InChI is InChI=1S/C30H34N2O2S/c1-23-12-8-9-15-25(23)21-32(29(33)22-35-27-18-6-3-7-19-27)28(20-24-13-4-2-5-14-24)30(34)31-26-16-10-11-17-26/h2-9,12-15,18-19,26,28H,10-11,16-17,20-22H2,1H3,(H,31,34)/t28-/m0/s1. The molecule has 5 heteroatoms. The zero-order valence-electron chi connectivity index (χ0n) is 20.4. The van der Waals surface area contributed by atoms with Crippen LogP contribution in [0.15, 0.2) is 89.8 Å². The largest absolute Gasteiger partial charge is 0.352 e. The molecule has 1 N–H and O–H groups in total. The van der Waals surface area contributed by atoms with Gasteiger partial charge >= 0.3 is 0 Å². The van der Waals surface area contributed by atoms with Gasteiger partial charge in [-0.1, -0.05) is 85.6 Å². The molecule has 1 fully saturated rings. The summed E-state index contributed by atoms with van der Waals surface area (Å²) in [6.45, 7) is 2.47. The van der Waals surface area contributed by atoms with Crippen molar-refractivity contribution in [3.05, 3.63) is 102 Å². The fraction of sp³-hybridized carbons (Fsp3) is 0.333. The van der Waals surface area contributed by atoms with Gasteiger partial charge in [0.2, 0.25) is 11.8 Å². The number of hydrogen-bond acceptors (Lipinski definition) is 3. The Labute approximate surface area is 213 Å². The van der Waals surface area contributed by atoms with Crippen molar-refractivity contribution in [1.29, 1.82) is 0 Å². The van der Waals surface area contributed by atoms with Crippen molar-refractivity contribution in [1.82, 2.24) is 10.2 Å². The molecule has 1 aliphatic rings. The van der Waals surface area contributed by atoms with Crippen molar-refractivity contribution >= 4 is 23.6 Å². The predicted molar refractivity (Wildman–Crippen MR) is 143 cm³/mol. The highest BCUT2D eigenvalue weighted by atomic mass is 32.2. The molecule has 0 heterocycles. The minimum absolute atomic E-state index is 0.0235. The summed E-state index contributed by atoms with van der Waals surface area (Å²) in [7, 11) is 0. The first-order chi connectivity index (χ1) is 17.1. The fourth-order valence-corrected chi connectivity index (χ4v) is 5.44. The number of rotatable bonds is 10. The number of nitrogens with zero attached hydrogens (tertiary/aromatic N) is 1. The molecule has 3 aromatic carbocycles. The number of carbonyl (C=O) groups excluding carboxylic acids is 2. The third-order valence-corrected chi connectivity index (χ3v) is 7.68. The number of nitrogens with one attached hydrogen (secondary N) is 1. The monoisotopic (exact) mass is 486 g/mol. The molecule has 4 nitrogen and oxygen atoms in total. The Kier molecular flexibility index (Phi) is 9.02. The summed E-state index contributed by atoms with van der Waals surface area (Å²) in [6, 6.07) is 27.7. The molecular formula is C30H34N2O2S. The molecule has 0 bridgehead atoms. The van der Waals surface area contributed by atoms with E-state index in [9.17, 15) is 9.59 Å². The fourth-order valence-electron chi connectivity index (χ4n) is 4.64. The first-order valence-electron chi connectivity index (χ1n) is 12.5. The number of aryl methyl sites for hydroxylation is 1. The van der Waals surface area contributed by atoms with Gasteiger partial charge in [-0.3, -0.25) is 9.59 Å². The van der Waals surface area contributed by atoms with E-state index in [1.54, 1.807) is 4.90 Å². The molecule has 0 aromatic heterocycles. The average molecular weight is 487 g/mol. The van der Waals surface area contributed by atoms with Crippen molar-refractivity contribution < 1.29 is 9.59 Å². The molecule has 1 saturated carbocycles. The van der Waals surface area contributed by atoms with Crippen molar-refractivity contribution in [2.24, 2.45) is 0 Å². The van der Waals surface area contributed by atoms with Crippen LogP contribution >= 0.6 is 11.8 Å². The summed E-state index contributed by atoms with van der Waals surface area (Å²) >= 11 is 1.52. The van der Waals surface area contributed by atoms with E-state index < -0.39 is 6.04 Å². The Morgan fingerprint density at radius 1 is 0.914 bits per heavy atom. The SMILES string of the molecule is Cc1ccccc1CN(C(=O)CSc1ccccc1)[C@@H](Cc1ccccc1)C(=O)NC1CCCC1. The van der Waals surface area contributed by atoms with E-state index in [1.165, 1.54) is 11.8 Å². The van der Waals surface area contributed by atoms with Gasteiger partial charge in [0.25, 0.3) is 0 Å². The molecule has 2 amide bonds. The molecule has 3 aromatic rings. The van der Waals surface area contributed by atoms with E-state index in [-0.39, 0.29) is 23.6 Å². The summed E-state index contributed by atoms with van der Waals surface area (Å²) in [5, 5.41) is 3.27. The lowest BCUT2D eigenvalue weighted by atomic mass is 10.0. The molecule has 182 valence electrons. The Balaban J connectivity index is 1.61. The van der Waals surface area contributed by atoms with E-state index in [0.717, 1.165) is 47.3 Å². The second-order valence-corrected chi connectivity index (χ2v) is 10.3. The minimum atomic E-state index is -0.568. The maximum atomic E-state index is 13.7. The average Bonchev–Trinajstić information content (AvgIpc) is 3.40. The van der Waals surface area contributed by atoms with Crippen molar-refractivity contribution in [2.75, 3.05) is 5.75 Å². The van der Waals surface area contributed by atoms with Crippen LogP contribution in [-0.4, -0.2) is 34.6 Å². The zero-order chi connectivity index (χ0) is 24.5. The van der Waals surface area contributed by atoms with E-state index in [4.69, 9.17) is 0 Å². The molecule has 0 aliphatic heterocycles. The summed E-state index contributed by atoms with van der Waals surface area (Å²) in [4.78, 5) is 30.3. The Bertz CT molecular complexity index is 1100. The maximum absolute atomic E-state index is 13.7. The smallest absolute Gasteiger partial charge is 0.243 e. The van der Waals surface area contributed by atoms with E-state index >= 15 is 0 Å². The predicted octanol–water partition coefficient (Wildman–Crippen LogP) is 5.79. The quantitative estimate of drug-likeness (QED) is 0.369. The normalized spacial score (nSPS) is 14.4. The topological polar surface area (TPSA) is 49.4 Å². The van der Waals surface area contributed by atoms with Crippen LogP contribution in [0.2, 0.25) is 0 Å². The lowest BCUT2D eigenvalue weighted by Crippen LogP contribution is -2.52. The summed E-state index contributed by atoms with van der Waals surface area (Å²) in [5.41, 5.74) is 3.24. The van der Waals surface area contributed by atoms with Gasteiger partial charge in [-0.2, -0.15) is 0 Å². The number of hydrogen-bond donors (Lipinski definition) is 1. The van der Waals surface area contributed by atoms with Gasteiger partial charge < -0.3 is 10.2 Å². The second kappa shape index (κ2) is 12.6. The first-order valence-corrected chi connectivity index (χ1v) is 13.4. The van der Waals surface area contributed by atoms with Crippen molar-refractivity contribution in [3.8, 4) is 0 Å². The van der Waals surface area contributed by atoms with E-state index in [1.807, 2.05) is 72.8 Å². The summed E-state index contributed by atoms with van der Waals surface area (Å²) in [5.74, 6) is 0.217. The third-order valence-electron chi connectivity index (χ3n) is 6.68. The van der Waals surface area contributed by atoms with Gasteiger partial charge in [0.1, 0.15) is 6.04 Å². The van der Waals surface area contributed by atoms with Gasteiger partial charge in [-0.25, -0.2) is 0 Å². The van der Waals surface area contributed by atoms with Gasteiger partial charge in [0.15, 0.2) is 0 Å². The van der Waals surface area contributed by atoms with Crippen LogP contribution in [0, 0.1) is 6.92 Å². The van der Waals surface area contributed by atoms with Crippen molar-refractivity contribution in [2.45, 2.75) is 62.6 Å². The molecule has 35 heavy (non-hydrogen) atoms. The van der Waals surface area contributed by atoms with Crippen LogP contribution in [0.25, 0.3) is 0 Å². The molecule has 0 unspecified atom stereocenters. The Morgan fingerprint density at radius 2 is 1.54 bits per heavy atom. The highest BCUT2D eigenvalue weighted by Gasteiger charge is 2.32. The summed E-state index contributed by atoms with van der Waals surface area (Å²) < 4.78 is 0. The first kappa shape index (κ1) is 25.1. The Morgan fingerprint density at radius 3 is 2.23 bits per heavy atom. The van der Waals surface area contributed by atoms with Crippen molar-refractivity contribution in [3.63, 3.8) is 0 Å². The lowest BCUT2D eigenvalue weighted by molar-refractivity contribution is -0.139. The van der Waals surface area contributed by atoms with Gasteiger partial charge in [0.05, 0.1) is 5.75 Å². The van der Waals surface area contributed by atoms with Gasteiger partial charge in [-0.15, -0.1) is 11.8 Å². The molecule has 0 saturated heterocycles. The highest BCUT2D eigenvalue weighted by Crippen LogP contribution is 2.23. The molecular weight excluding hydrogens is 452 g/mol. The van der Waals surface area contributed by atoms with Crippen LogP contribution in [-0.2, 0) is 22.6 Å². The number of thioether (sulfide) groups is 1. The zero-order valence-corrected chi connectivity index (χ0v) is 21.2. The Hall–Kier alpha value is -3.05. The maximum Gasteiger partial charge on any atom is 0.243 e. The molecule has 1 atom stereocenters. The van der Waals surface area contributed by atoms with E-state index in [2.05, 4.69) is 24.4 Å². The third kappa shape index (κ3) is 7.22. The van der Waals surface area contributed by atoms with Crippen LogP contribution in [0.1, 0.15) is 42.4 Å². The number of amides is 2. The molecule has 4 rings (SSSR count). The van der Waals surface area contributed by atoms with Crippen LogP contribution in [0.4, 0.5) is 0 Å². The lowest BCUT2D eigenvalue weighted by Gasteiger charge is -2.32. The van der Waals surface area contributed by atoms with Crippen LogP contribution in [0.3, 0.4) is 0 Å². The van der Waals surface area contributed by atoms with Crippen LogP contribution in [0.5, 0.6) is 0 Å². The van der Waals surface area contributed by atoms with Gasteiger partial charge in [0, 0.05) is 23.9 Å². The summed E-state index contributed by atoms with van der Waals surface area (Å²) in [6.07, 6.45) is 4.81. The second-order valence-electron chi connectivity index (χ2n) is 9.25. The van der Waals surface area contributed by atoms with Crippen LogP contribution < -0.4 is 5.32 Å².